The lowest BCUT2D eigenvalue weighted by Crippen LogP contribution is -2.31. The lowest BCUT2D eigenvalue weighted by molar-refractivity contribution is 0.0773. The molecule has 0 saturated carbocycles. The molecule has 0 aromatic heterocycles. The molecule has 1 atom stereocenters. The summed E-state index contributed by atoms with van der Waals surface area (Å²) in [7, 11) is 0. The van der Waals surface area contributed by atoms with Gasteiger partial charge in [0.1, 0.15) is 0 Å². The molecule has 1 amide bonds. The van der Waals surface area contributed by atoms with Gasteiger partial charge < -0.3 is 10.2 Å². The molecule has 1 aliphatic rings. The van der Waals surface area contributed by atoms with Crippen LogP contribution in [0.1, 0.15) is 54.1 Å². The third-order valence-corrected chi connectivity index (χ3v) is 5.58. The van der Waals surface area contributed by atoms with Gasteiger partial charge in [0.25, 0.3) is 5.91 Å². The number of hydrogen-bond donors (Lipinski definition) is 1. The van der Waals surface area contributed by atoms with Crippen LogP contribution in [0.5, 0.6) is 0 Å². The Hall–Kier alpha value is -2.13. The summed E-state index contributed by atoms with van der Waals surface area (Å²) in [5, 5.41) is 3.47. The third-order valence-electron chi connectivity index (χ3n) is 5.58. The SMILES string of the molecule is CCN(CC)C(=O)c1ccc(C(c2ccccc2)C2CCNCC2)cc1. The van der Waals surface area contributed by atoms with Crippen molar-refractivity contribution < 1.29 is 4.79 Å². The first-order valence-electron chi connectivity index (χ1n) is 9.89. The molecule has 0 spiro atoms. The normalized spacial score (nSPS) is 16.2. The molecule has 3 nitrogen and oxygen atoms in total. The minimum absolute atomic E-state index is 0.125. The van der Waals surface area contributed by atoms with Crippen molar-refractivity contribution in [3.63, 3.8) is 0 Å². The highest BCUT2D eigenvalue weighted by molar-refractivity contribution is 5.94. The van der Waals surface area contributed by atoms with Crippen molar-refractivity contribution in [2.75, 3.05) is 26.2 Å². The van der Waals surface area contributed by atoms with E-state index < -0.39 is 0 Å². The predicted molar refractivity (Wildman–Crippen MR) is 108 cm³/mol. The van der Waals surface area contributed by atoms with Crippen LogP contribution in [0.25, 0.3) is 0 Å². The van der Waals surface area contributed by atoms with Gasteiger partial charge in [-0.1, -0.05) is 42.5 Å². The molecule has 26 heavy (non-hydrogen) atoms. The van der Waals surface area contributed by atoms with Crippen LogP contribution < -0.4 is 5.32 Å². The number of carbonyl (C=O) groups is 1. The average Bonchev–Trinajstić information content (AvgIpc) is 2.71. The Labute approximate surface area is 157 Å². The maximum Gasteiger partial charge on any atom is 0.253 e. The average molecular weight is 351 g/mol. The van der Waals surface area contributed by atoms with E-state index in [1.807, 2.05) is 30.9 Å². The molecule has 138 valence electrons. The van der Waals surface area contributed by atoms with Crippen molar-refractivity contribution in [1.82, 2.24) is 10.2 Å². The Balaban J connectivity index is 1.88. The van der Waals surface area contributed by atoms with E-state index in [2.05, 4.69) is 47.8 Å². The van der Waals surface area contributed by atoms with Crippen molar-refractivity contribution in [2.24, 2.45) is 5.92 Å². The van der Waals surface area contributed by atoms with Crippen molar-refractivity contribution in [3.8, 4) is 0 Å². The van der Waals surface area contributed by atoms with E-state index in [1.165, 1.54) is 24.0 Å². The van der Waals surface area contributed by atoms with Gasteiger partial charge in [-0.25, -0.2) is 0 Å². The Morgan fingerprint density at radius 1 is 0.962 bits per heavy atom. The lowest BCUT2D eigenvalue weighted by atomic mass is 9.76. The Morgan fingerprint density at radius 2 is 1.54 bits per heavy atom. The van der Waals surface area contributed by atoms with Crippen LogP contribution in [0.15, 0.2) is 54.6 Å². The fourth-order valence-corrected chi connectivity index (χ4v) is 4.10. The Kier molecular flexibility index (Phi) is 6.45. The van der Waals surface area contributed by atoms with Gasteiger partial charge in [-0.05, 0) is 69.0 Å². The molecule has 0 bridgehead atoms. The summed E-state index contributed by atoms with van der Waals surface area (Å²) in [6.45, 7) is 7.73. The molecular formula is C23H30N2O. The molecule has 0 aliphatic carbocycles. The molecular weight excluding hydrogens is 320 g/mol. The van der Waals surface area contributed by atoms with Crippen LogP contribution in [0, 0.1) is 5.92 Å². The van der Waals surface area contributed by atoms with E-state index in [0.29, 0.717) is 11.8 Å². The summed E-state index contributed by atoms with van der Waals surface area (Å²) in [6, 6.07) is 19.1. The summed E-state index contributed by atoms with van der Waals surface area (Å²) in [5.74, 6) is 1.17. The number of rotatable bonds is 6. The number of amides is 1. The molecule has 2 aromatic carbocycles. The van der Waals surface area contributed by atoms with E-state index in [4.69, 9.17) is 0 Å². The fourth-order valence-electron chi connectivity index (χ4n) is 4.10. The quantitative estimate of drug-likeness (QED) is 0.842. The van der Waals surface area contributed by atoms with Gasteiger partial charge in [-0.3, -0.25) is 4.79 Å². The molecule has 0 radical (unpaired) electrons. The van der Waals surface area contributed by atoms with Gasteiger partial charge in [0.2, 0.25) is 0 Å². The zero-order valence-corrected chi connectivity index (χ0v) is 15.9. The van der Waals surface area contributed by atoms with Crippen LogP contribution in [0.4, 0.5) is 0 Å². The Bertz CT molecular complexity index is 686. The van der Waals surface area contributed by atoms with Crippen molar-refractivity contribution in [2.45, 2.75) is 32.6 Å². The molecule has 1 N–H and O–H groups in total. The maximum atomic E-state index is 12.6. The second kappa shape index (κ2) is 9.00. The third kappa shape index (κ3) is 4.16. The second-order valence-electron chi connectivity index (χ2n) is 7.08. The molecule has 1 fully saturated rings. The van der Waals surface area contributed by atoms with Gasteiger partial charge >= 0.3 is 0 Å². The summed E-state index contributed by atoms with van der Waals surface area (Å²) >= 11 is 0. The minimum Gasteiger partial charge on any atom is -0.339 e. The highest BCUT2D eigenvalue weighted by Crippen LogP contribution is 2.36. The largest absolute Gasteiger partial charge is 0.339 e. The standard InChI is InChI=1S/C23H30N2O/c1-3-25(4-2)23(26)21-12-10-19(11-13-21)22(18-8-6-5-7-9-18)20-14-16-24-17-15-20/h5-13,20,22,24H,3-4,14-17H2,1-2H3. The number of benzene rings is 2. The lowest BCUT2D eigenvalue weighted by Gasteiger charge is -2.31. The first-order chi connectivity index (χ1) is 12.7. The van der Waals surface area contributed by atoms with Gasteiger partial charge in [0, 0.05) is 24.6 Å². The molecule has 1 unspecified atom stereocenters. The summed E-state index contributed by atoms with van der Waals surface area (Å²) in [5.41, 5.74) is 3.48. The van der Waals surface area contributed by atoms with Crippen LogP contribution in [-0.2, 0) is 0 Å². The van der Waals surface area contributed by atoms with Gasteiger partial charge in [0.15, 0.2) is 0 Å². The summed E-state index contributed by atoms with van der Waals surface area (Å²) in [4.78, 5) is 14.4. The topological polar surface area (TPSA) is 32.3 Å². The number of carbonyl (C=O) groups excluding carboxylic acids is 1. The predicted octanol–water partition coefficient (Wildman–Crippen LogP) is 4.30. The van der Waals surface area contributed by atoms with Crippen molar-refractivity contribution in [1.29, 1.82) is 0 Å². The van der Waals surface area contributed by atoms with E-state index >= 15 is 0 Å². The van der Waals surface area contributed by atoms with Crippen molar-refractivity contribution in [3.05, 3.63) is 71.3 Å². The number of piperidine rings is 1. The van der Waals surface area contributed by atoms with Crippen LogP contribution in [0.2, 0.25) is 0 Å². The highest BCUT2D eigenvalue weighted by Gasteiger charge is 2.26. The smallest absolute Gasteiger partial charge is 0.253 e. The first-order valence-corrected chi connectivity index (χ1v) is 9.89. The highest BCUT2D eigenvalue weighted by atomic mass is 16.2. The van der Waals surface area contributed by atoms with Crippen LogP contribution in [-0.4, -0.2) is 37.0 Å². The molecule has 3 rings (SSSR count). The molecule has 3 heteroatoms. The number of hydrogen-bond acceptors (Lipinski definition) is 2. The molecule has 1 aliphatic heterocycles. The van der Waals surface area contributed by atoms with Crippen LogP contribution in [0.3, 0.4) is 0 Å². The zero-order valence-electron chi connectivity index (χ0n) is 15.9. The van der Waals surface area contributed by atoms with Crippen LogP contribution >= 0.6 is 0 Å². The van der Waals surface area contributed by atoms with Crippen molar-refractivity contribution >= 4 is 5.91 Å². The van der Waals surface area contributed by atoms with E-state index in [1.54, 1.807) is 0 Å². The van der Waals surface area contributed by atoms with Gasteiger partial charge in [0.05, 0.1) is 0 Å². The fraction of sp³-hybridized carbons (Fsp3) is 0.435. The van der Waals surface area contributed by atoms with E-state index in [0.717, 1.165) is 31.7 Å². The summed E-state index contributed by atoms with van der Waals surface area (Å²) in [6.07, 6.45) is 2.39. The Morgan fingerprint density at radius 3 is 2.12 bits per heavy atom. The van der Waals surface area contributed by atoms with E-state index in [-0.39, 0.29) is 5.91 Å². The maximum absolute atomic E-state index is 12.6. The number of nitrogens with one attached hydrogen (secondary N) is 1. The van der Waals surface area contributed by atoms with Gasteiger partial charge in [-0.15, -0.1) is 0 Å². The minimum atomic E-state index is 0.125. The molecule has 1 saturated heterocycles. The first kappa shape index (κ1) is 18.7. The number of nitrogens with zero attached hydrogens (tertiary/aromatic N) is 1. The molecule has 2 aromatic rings. The second-order valence-corrected chi connectivity index (χ2v) is 7.08. The van der Waals surface area contributed by atoms with E-state index in [9.17, 15) is 4.79 Å². The monoisotopic (exact) mass is 350 g/mol. The summed E-state index contributed by atoms with van der Waals surface area (Å²) < 4.78 is 0. The van der Waals surface area contributed by atoms with Gasteiger partial charge in [-0.2, -0.15) is 0 Å². The zero-order chi connectivity index (χ0) is 18.4. The molecule has 1 heterocycles.